The van der Waals surface area contributed by atoms with Crippen LogP contribution in [-0.2, 0) is 0 Å². The van der Waals surface area contributed by atoms with Gasteiger partial charge in [-0.15, -0.1) is 25.6 Å². The molecule has 0 saturated heterocycles. The van der Waals surface area contributed by atoms with E-state index in [1.165, 1.54) is 25.3 Å². The highest BCUT2D eigenvalue weighted by Gasteiger charge is 2.31. The second-order valence-electron chi connectivity index (χ2n) is 4.94. The van der Waals surface area contributed by atoms with Gasteiger partial charge in [0.15, 0.2) is 5.75 Å². The molecule has 0 amide bonds. The van der Waals surface area contributed by atoms with Gasteiger partial charge in [0.2, 0.25) is 5.75 Å². The number of halogens is 4. The number of nitrogens with zero attached hydrogens (tertiary/aromatic N) is 1. The molecule has 0 bridgehead atoms. The minimum atomic E-state index is -4.81. The molecule has 0 aliphatic rings. The van der Waals surface area contributed by atoms with Crippen LogP contribution in [0.15, 0.2) is 36.4 Å². The van der Waals surface area contributed by atoms with E-state index in [-0.39, 0.29) is 23.7 Å². The first kappa shape index (κ1) is 21.3. The maximum Gasteiger partial charge on any atom is 0.573 e. The molecule has 2 aromatic carbocycles. The van der Waals surface area contributed by atoms with Crippen LogP contribution in [-0.4, -0.2) is 23.5 Å². The second-order valence-corrected chi connectivity index (χ2v) is 4.94. The number of ether oxygens (including phenoxy) is 2. The Labute approximate surface area is 151 Å². The van der Waals surface area contributed by atoms with Crippen molar-refractivity contribution in [2.75, 3.05) is 7.11 Å². The molecule has 2 rings (SSSR count). The SMILES string of the molecule is COc1cc([C@@H](N)c2ccc(OC(F)(F)F)cc2)cc([N+](=O)[O-])c1O.Cl. The molecule has 3 N–H and O–H groups in total. The van der Waals surface area contributed by atoms with Crippen LogP contribution in [0.2, 0.25) is 0 Å². The summed E-state index contributed by atoms with van der Waals surface area (Å²) in [5.74, 6) is -1.20. The van der Waals surface area contributed by atoms with Crippen molar-refractivity contribution in [3.63, 3.8) is 0 Å². The van der Waals surface area contributed by atoms with Crippen LogP contribution in [0, 0.1) is 10.1 Å². The highest BCUT2D eigenvalue weighted by atomic mass is 35.5. The standard InChI is InChI=1S/C15H13F3N2O5.ClH/c1-24-12-7-9(6-11(14(12)21)20(22)23)13(19)8-2-4-10(5-3-8)25-15(16,17)18;/h2-7,13,21H,19H2,1H3;1H/t13-;/m0./s1. The van der Waals surface area contributed by atoms with Gasteiger partial charge in [0.25, 0.3) is 0 Å². The van der Waals surface area contributed by atoms with E-state index in [2.05, 4.69) is 4.74 Å². The third-order valence-corrected chi connectivity index (χ3v) is 3.33. The molecule has 0 radical (unpaired) electrons. The highest BCUT2D eigenvalue weighted by molar-refractivity contribution is 5.85. The maximum absolute atomic E-state index is 12.2. The van der Waals surface area contributed by atoms with E-state index in [0.717, 1.165) is 18.2 Å². The van der Waals surface area contributed by atoms with Crippen molar-refractivity contribution < 1.29 is 32.7 Å². The van der Waals surface area contributed by atoms with Gasteiger partial charge in [-0.3, -0.25) is 10.1 Å². The summed E-state index contributed by atoms with van der Waals surface area (Å²) in [6.45, 7) is 0. The molecule has 11 heteroatoms. The molecule has 0 unspecified atom stereocenters. The lowest BCUT2D eigenvalue weighted by Gasteiger charge is -2.15. The second kappa shape index (κ2) is 8.11. The highest BCUT2D eigenvalue weighted by Crippen LogP contribution is 2.39. The Morgan fingerprint density at radius 1 is 1.19 bits per heavy atom. The minimum Gasteiger partial charge on any atom is -0.500 e. The van der Waals surface area contributed by atoms with Crippen molar-refractivity contribution in [1.82, 2.24) is 0 Å². The summed E-state index contributed by atoms with van der Waals surface area (Å²) in [7, 11) is 1.22. The summed E-state index contributed by atoms with van der Waals surface area (Å²) in [6.07, 6.45) is -4.81. The van der Waals surface area contributed by atoms with Gasteiger partial charge in [-0.2, -0.15) is 0 Å². The molecule has 7 nitrogen and oxygen atoms in total. The number of phenols is 1. The average molecular weight is 395 g/mol. The summed E-state index contributed by atoms with van der Waals surface area (Å²) in [4.78, 5) is 10.2. The lowest BCUT2D eigenvalue weighted by molar-refractivity contribution is -0.386. The van der Waals surface area contributed by atoms with Gasteiger partial charge in [-0.25, -0.2) is 0 Å². The van der Waals surface area contributed by atoms with E-state index in [1.54, 1.807) is 0 Å². The molecule has 2 aromatic rings. The zero-order valence-electron chi connectivity index (χ0n) is 13.2. The van der Waals surface area contributed by atoms with Crippen molar-refractivity contribution in [3.05, 3.63) is 57.6 Å². The quantitative estimate of drug-likeness (QED) is 0.591. The number of benzene rings is 2. The summed E-state index contributed by atoms with van der Waals surface area (Å²) < 4.78 is 45.1. The summed E-state index contributed by atoms with van der Waals surface area (Å²) >= 11 is 0. The molecule has 0 fully saturated rings. The van der Waals surface area contributed by atoms with Crippen LogP contribution in [0.25, 0.3) is 0 Å². The predicted octanol–water partition coefficient (Wildman–Crippen LogP) is 3.68. The number of nitro benzene ring substituents is 1. The van der Waals surface area contributed by atoms with Gasteiger partial charge in [-0.05, 0) is 29.3 Å². The summed E-state index contributed by atoms with van der Waals surface area (Å²) in [5.41, 5.74) is 6.05. The number of hydrogen-bond acceptors (Lipinski definition) is 6. The van der Waals surface area contributed by atoms with E-state index in [9.17, 15) is 28.4 Å². The third kappa shape index (κ3) is 4.90. The normalized spacial score (nSPS) is 12.0. The smallest absolute Gasteiger partial charge is 0.500 e. The number of rotatable bonds is 5. The molecule has 26 heavy (non-hydrogen) atoms. The molecular weight excluding hydrogens is 381 g/mol. The van der Waals surface area contributed by atoms with Gasteiger partial charge < -0.3 is 20.3 Å². The zero-order valence-corrected chi connectivity index (χ0v) is 14.0. The number of alkyl halides is 3. The number of methoxy groups -OCH3 is 1. The van der Waals surface area contributed by atoms with Crippen molar-refractivity contribution in [3.8, 4) is 17.2 Å². The van der Waals surface area contributed by atoms with Crippen LogP contribution in [0.1, 0.15) is 17.2 Å². The molecule has 1 atom stereocenters. The Balaban J connectivity index is 0.00000338. The van der Waals surface area contributed by atoms with E-state index in [1.807, 2.05) is 0 Å². The minimum absolute atomic E-state index is 0. The maximum atomic E-state index is 12.2. The van der Waals surface area contributed by atoms with E-state index in [0.29, 0.717) is 5.56 Å². The fourth-order valence-electron chi connectivity index (χ4n) is 2.16. The van der Waals surface area contributed by atoms with Crippen molar-refractivity contribution in [1.29, 1.82) is 0 Å². The number of nitro groups is 1. The Morgan fingerprint density at radius 2 is 1.77 bits per heavy atom. The largest absolute Gasteiger partial charge is 0.573 e. The Bertz CT molecular complexity index is 784. The van der Waals surface area contributed by atoms with Gasteiger partial charge in [0.05, 0.1) is 18.1 Å². The fraction of sp³-hybridized carbons (Fsp3) is 0.200. The van der Waals surface area contributed by atoms with E-state index >= 15 is 0 Å². The molecule has 0 heterocycles. The molecule has 142 valence electrons. The van der Waals surface area contributed by atoms with Gasteiger partial charge in [-0.1, -0.05) is 12.1 Å². The number of hydrogen-bond donors (Lipinski definition) is 2. The fourth-order valence-corrected chi connectivity index (χ4v) is 2.16. The number of phenolic OH excluding ortho intramolecular Hbond substituents is 1. The first-order chi connectivity index (χ1) is 11.6. The molecule has 0 aliphatic carbocycles. The number of aromatic hydroxyl groups is 1. The molecule has 0 spiro atoms. The molecule has 0 saturated carbocycles. The summed E-state index contributed by atoms with van der Waals surface area (Å²) in [5, 5.41) is 20.8. The van der Waals surface area contributed by atoms with Crippen molar-refractivity contribution in [2.45, 2.75) is 12.4 Å². The zero-order chi connectivity index (χ0) is 18.8. The van der Waals surface area contributed by atoms with E-state index in [4.69, 9.17) is 10.5 Å². The van der Waals surface area contributed by atoms with E-state index < -0.39 is 34.5 Å². The Hall–Kier alpha value is -2.72. The van der Waals surface area contributed by atoms with Crippen molar-refractivity contribution >= 4 is 18.1 Å². The van der Waals surface area contributed by atoms with Crippen LogP contribution in [0.3, 0.4) is 0 Å². The number of nitrogens with two attached hydrogens (primary N) is 1. The molecule has 0 aliphatic heterocycles. The average Bonchev–Trinajstić information content (AvgIpc) is 2.53. The first-order valence-corrected chi connectivity index (χ1v) is 6.79. The predicted molar refractivity (Wildman–Crippen MR) is 87.7 cm³/mol. The Kier molecular flexibility index (Phi) is 6.65. The van der Waals surface area contributed by atoms with Crippen LogP contribution >= 0.6 is 12.4 Å². The topological polar surface area (TPSA) is 108 Å². The Morgan fingerprint density at radius 3 is 2.23 bits per heavy atom. The lowest BCUT2D eigenvalue weighted by Crippen LogP contribution is -2.17. The van der Waals surface area contributed by atoms with Crippen LogP contribution in [0.4, 0.5) is 18.9 Å². The van der Waals surface area contributed by atoms with Crippen LogP contribution < -0.4 is 15.2 Å². The van der Waals surface area contributed by atoms with Crippen LogP contribution in [0.5, 0.6) is 17.2 Å². The van der Waals surface area contributed by atoms with Gasteiger partial charge in [0.1, 0.15) is 5.75 Å². The lowest BCUT2D eigenvalue weighted by atomic mass is 9.98. The monoisotopic (exact) mass is 394 g/mol. The molecular formula is C15H14ClF3N2O5. The molecule has 0 aromatic heterocycles. The van der Waals surface area contributed by atoms with Gasteiger partial charge >= 0.3 is 12.0 Å². The van der Waals surface area contributed by atoms with Gasteiger partial charge in [0, 0.05) is 6.07 Å². The third-order valence-electron chi connectivity index (χ3n) is 3.33. The summed E-state index contributed by atoms with van der Waals surface area (Å²) in [6, 6.07) is 6.25. The first-order valence-electron chi connectivity index (χ1n) is 6.79. The van der Waals surface area contributed by atoms with Crippen molar-refractivity contribution in [2.24, 2.45) is 5.73 Å².